The summed E-state index contributed by atoms with van der Waals surface area (Å²) in [7, 11) is -3.35. The van der Waals surface area contributed by atoms with Crippen LogP contribution in [0.3, 0.4) is 0 Å². The Bertz CT molecular complexity index is 620. The zero-order valence-corrected chi connectivity index (χ0v) is 12.4. The van der Waals surface area contributed by atoms with Crippen LogP contribution in [0.2, 0.25) is 0 Å². The topological polar surface area (TPSA) is 54.5 Å². The minimum atomic E-state index is -3.35. The highest BCUT2D eigenvalue weighted by Gasteiger charge is 2.24. The maximum absolute atomic E-state index is 12.1. The van der Waals surface area contributed by atoms with Crippen LogP contribution in [0, 0.1) is 0 Å². The summed E-state index contributed by atoms with van der Waals surface area (Å²) in [5, 5.41) is 0. The highest BCUT2D eigenvalue weighted by molar-refractivity contribution is 7.92. The van der Waals surface area contributed by atoms with E-state index in [0.29, 0.717) is 13.1 Å². The van der Waals surface area contributed by atoms with Crippen LogP contribution in [0.1, 0.15) is 18.1 Å². The fourth-order valence-corrected chi connectivity index (χ4v) is 3.45. The van der Waals surface area contributed by atoms with Crippen LogP contribution in [0.25, 0.3) is 0 Å². The van der Waals surface area contributed by atoms with Crippen molar-refractivity contribution in [1.29, 1.82) is 0 Å². The smallest absolute Gasteiger partial charge is 0.238 e. The zero-order chi connectivity index (χ0) is 14.6. The Morgan fingerprint density at radius 1 is 1.30 bits per heavy atom. The van der Waals surface area contributed by atoms with Crippen LogP contribution in [0.4, 0.5) is 0 Å². The lowest BCUT2D eigenvalue weighted by Gasteiger charge is -2.28. The summed E-state index contributed by atoms with van der Waals surface area (Å²) in [6, 6.07) is 7.97. The van der Waals surface area contributed by atoms with Crippen molar-refractivity contribution in [2.75, 3.05) is 18.1 Å². The fourth-order valence-electron chi connectivity index (χ4n) is 2.29. The van der Waals surface area contributed by atoms with E-state index in [1.54, 1.807) is 24.0 Å². The molecule has 0 saturated carbocycles. The highest BCUT2D eigenvalue weighted by Crippen LogP contribution is 2.18. The average molecular weight is 293 g/mol. The number of carbonyl (C=O) groups excluding carboxylic acids is 1. The van der Waals surface area contributed by atoms with Gasteiger partial charge in [0.25, 0.3) is 0 Å². The predicted octanol–water partition coefficient (Wildman–Crippen LogP) is 1.56. The van der Waals surface area contributed by atoms with Crippen molar-refractivity contribution in [2.45, 2.75) is 19.9 Å². The minimum absolute atomic E-state index is 0.0698. The first kappa shape index (κ1) is 14.8. The van der Waals surface area contributed by atoms with Gasteiger partial charge in [-0.15, -0.1) is 0 Å². The van der Waals surface area contributed by atoms with Gasteiger partial charge in [0.1, 0.15) is 5.75 Å². The third-order valence-corrected chi connectivity index (χ3v) is 4.80. The van der Waals surface area contributed by atoms with Crippen molar-refractivity contribution in [1.82, 2.24) is 4.90 Å². The molecule has 20 heavy (non-hydrogen) atoms. The molecule has 0 spiro atoms. The molecule has 1 aromatic rings. The Kier molecular flexibility index (Phi) is 4.60. The number of hydrogen-bond acceptors (Lipinski definition) is 3. The van der Waals surface area contributed by atoms with Gasteiger partial charge in [-0.2, -0.15) is 0 Å². The van der Waals surface area contributed by atoms with Crippen LogP contribution in [-0.2, 0) is 27.6 Å². The maximum Gasteiger partial charge on any atom is 0.238 e. The Balaban J connectivity index is 2.02. The standard InChI is InChI=1S/C15H19NO3S/c1-2-3-10-20(18,19)12-15(17)16-9-8-13-6-4-5-7-14(13)11-16/h2-7H,8-12H2,1H3. The molecule has 1 aliphatic rings. The predicted molar refractivity (Wildman–Crippen MR) is 79.0 cm³/mol. The van der Waals surface area contributed by atoms with Gasteiger partial charge in [0.15, 0.2) is 9.84 Å². The number of allylic oxidation sites excluding steroid dienone is 1. The van der Waals surface area contributed by atoms with Crippen LogP contribution in [0.5, 0.6) is 0 Å². The van der Waals surface area contributed by atoms with E-state index < -0.39 is 15.6 Å². The molecular formula is C15H19NO3S. The van der Waals surface area contributed by atoms with E-state index >= 15 is 0 Å². The normalized spacial score (nSPS) is 15.3. The molecule has 4 nitrogen and oxygen atoms in total. The number of amides is 1. The summed E-state index contributed by atoms with van der Waals surface area (Å²) in [5.74, 6) is -0.775. The molecule has 108 valence electrons. The minimum Gasteiger partial charge on any atom is -0.337 e. The van der Waals surface area contributed by atoms with Crippen molar-refractivity contribution < 1.29 is 13.2 Å². The quantitative estimate of drug-likeness (QED) is 0.792. The molecule has 1 aliphatic heterocycles. The van der Waals surface area contributed by atoms with E-state index in [0.717, 1.165) is 12.0 Å². The molecular weight excluding hydrogens is 274 g/mol. The van der Waals surface area contributed by atoms with Crippen molar-refractivity contribution >= 4 is 15.7 Å². The molecule has 0 radical (unpaired) electrons. The van der Waals surface area contributed by atoms with Gasteiger partial charge in [-0.05, 0) is 24.5 Å². The van der Waals surface area contributed by atoms with E-state index in [9.17, 15) is 13.2 Å². The van der Waals surface area contributed by atoms with Gasteiger partial charge in [-0.25, -0.2) is 8.42 Å². The third kappa shape index (κ3) is 3.70. The molecule has 5 heteroatoms. The Hall–Kier alpha value is -1.62. The first-order chi connectivity index (χ1) is 9.52. The molecule has 2 rings (SSSR count). The fraction of sp³-hybridized carbons (Fsp3) is 0.400. The molecule has 1 aromatic carbocycles. The summed E-state index contributed by atoms with van der Waals surface area (Å²) in [6.07, 6.45) is 4.03. The summed E-state index contributed by atoms with van der Waals surface area (Å²) in [5.41, 5.74) is 2.35. The Morgan fingerprint density at radius 2 is 2.00 bits per heavy atom. The summed E-state index contributed by atoms with van der Waals surface area (Å²) in [4.78, 5) is 13.7. The van der Waals surface area contributed by atoms with Crippen LogP contribution in [-0.4, -0.2) is 37.3 Å². The largest absolute Gasteiger partial charge is 0.337 e. The number of fused-ring (bicyclic) bond motifs is 1. The summed E-state index contributed by atoms with van der Waals surface area (Å²) in [6.45, 7) is 2.86. The van der Waals surface area contributed by atoms with Gasteiger partial charge in [-0.3, -0.25) is 4.79 Å². The SMILES string of the molecule is CC=CCS(=O)(=O)CC(=O)N1CCc2ccccc2C1. The molecule has 1 heterocycles. The molecule has 0 saturated heterocycles. The monoisotopic (exact) mass is 293 g/mol. The summed E-state index contributed by atoms with van der Waals surface area (Å²) < 4.78 is 23.6. The van der Waals surface area contributed by atoms with Gasteiger partial charge in [0, 0.05) is 13.1 Å². The van der Waals surface area contributed by atoms with E-state index in [2.05, 4.69) is 6.07 Å². The number of hydrogen-bond donors (Lipinski definition) is 0. The van der Waals surface area contributed by atoms with Crippen molar-refractivity contribution in [3.05, 3.63) is 47.5 Å². The number of carbonyl (C=O) groups is 1. The first-order valence-electron chi connectivity index (χ1n) is 6.68. The van der Waals surface area contributed by atoms with Gasteiger partial charge in [-0.1, -0.05) is 36.4 Å². The average Bonchev–Trinajstić information content (AvgIpc) is 2.44. The van der Waals surface area contributed by atoms with Gasteiger partial charge in [0.05, 0.1) is 5.75 Å². The number of sulfone groups is 1. The molecule has 1 amide bonds. The maximum atomic E-state index is 12.1. The number of benzene rings is 1. The second kappa shape index (κ2) is 6.22. The molecule has 0 unspecified atom stereocenters. The number of nitrogens with zero attached hydrogens (tertiary/aromatic N) is 1. The highest BCUT2D eigenvalue weighted by atomic mass is 32.2. The van der Waals surface area contributed by atoms with Crippen molar-refractivity contribution in [2.24, 2.45) is 0 Å². The molecule has 0 bridgehead atoms. The van der Waals surface area contributed by atoms with E-state index in [1.807, 2.05) is 18.2 Å². The van der Waals surface area contributed by atoms with Crippen LogP contribution < -0.4 is 0 Å². The van der Waals surface area contributed by atoms with Crippen molar-refractivity contribution in [3.63, 3.8) is 0 Å². The Morgan fingerprint density at radius 3 is 2.70 bits per heavy atom. The molecule has 0 aromatic heterocycles. The number of rotatable bonds is 4. The van der Waals surface area contributed by atoms with E-state index in [4.69, 9.17) is 0 Å². The lowest BCUT2D eigenvalue weighted by atomic mass is 10.00. The van der Waals surface area contributed by atoms with E-state index in [1.165, 1.54) is 5.56 Å². The van der Waals surface area contributed by atoms with Crippen LogP contribution >= 0.6 is 0 Å². The van der Waals surface area contributed by atoms with Crippen LogP contribution in [0.15, 0.2) is 36.4 Å². The molecule has 0 atom stereocenters. The molecule has 0 aliphatic carbocycles. The molecule has 0 fully saturated rings. The lowest BCUT2D eigenvalue weighted by molar-refractivity contribution is -0.129. The zero-order valence-electron chi connectivity index (χ0n) is 11.6. The summed E-state index contributed by atoms with van der Waals surface area (Å²) >= 11 is 0. The third-order valence-electron chi connectivity index (χ3n) is 3.41. The van der Waals surface area contributed by atoms with Crippen molar-refractivity contribution in [3.8, 4) is 0 Å². The second-order valence-electron chi connectivity index (χ2n) is 4.96. The second-order valence-corrected chi connectivity index (χ2v) is 7.07. The van der Waals surface area contributed by atoms with Gasteiger partial charge >= 0.3 is 0 Å². The first-order valence-corrected chi connectivity index (χ1v) is 8.50. The lowest BCUT2D eigenvalue weighted by Crippen LogP contribution is -2.39. The van der Waals surface area contributed by atoms with E-state index in [-0.39, 0.29) is 11.7 Å². The Labute approximate surface area is 120 Å². The van der Waals surface area contributed by atoms with Gasteiger partial charge < -0.3 is 4.90 Å². The van der Waals surface area contributed by atoms with Gasteiger partial charge in [0.2, 0.25) is 5.91 Å². The molecule has 0 N–H and O–H groups in total.